The van der Waals surface area contributed by atoms with E-state index in [4.69, 9.17) is 18.9 Å². The number of piperazine rings is 1. The highest BCUT2D eigenvalue weighted by atomic mass is 32.2. The van der Waals surface area contributed by atoms with Crippen molar-refractivity contribution < 1.29 is 37.3 Å². The minimum Gasteiger partial charge on any atom is -0.493 e. The van der Waals surface area contributed by atoms with Gasteiger partial charge >= 0.3 is 5.97 Å². The maximum Gasteiger partial charge on any atom is 0.326 e. The molecule has 4 aromatic rings. The summed E-state index contributed by atoms with van der Waals surface area (Å²) in [6.45, 7) is 0.470. The van der Waals surface area contributed by atoms with Crippen molar-refractivity contribution in [3.05, 3.63) is 90.6 Å². The van der Waals surface area contributed by atoms with Crippen molar-refractivity contribution in [1.82, 2.24) is 14.2 Å². The van der Waals surface area contributed by atoms with E-state index in [9.17, 15) is 18.3 Å². The predicted octanol–water partition coefficient (Wildman–Crippen LogP) is 3.11. The maximum atomic E-state index is 13.9. The van der Waals surface area contributed by atoms with Crippen molar-refractivity contribution in [2.24, 2.45) is 0 Å². The molecule has 1 aromatic heterocycles. The quantitative estimate of drug-likeness (QED) is 0.236. The summed E-state index contributed by atoms with van der Waals surface area (Å²) in [5.74, 6) is 0.547. The highest BCUT2D eigenvalue weighted by Gasteiger charge is 2.41. The van der Waals surface area contributed by atoms with Crippen LogP contribution in [-0.2, 0) is 26.2 Å². The van der Waals surface area contributed by atoms with E-state index in [1.54, 1.807) is 6.20 Å². The maximum absolute atomic E-state index is 13.9. The number of benzene rings is 3. The van der Waals surface area contributed by atoms with E-state index in [1.807, 2.05) is 65.6 Å². The smallest absolute Gasteiger partial charge is 0.326 e. The molecule has 44 heavy (non-hydrogen) atoms. The molecule has 1 saturated heterocycles. The second-order valence-corrected chi connectivity index (χ2v) is 12.2. The van der Waals surface area contributed by atoms with Crippen LogP contribution in [0.1, 0.15) is 5.56 Å². The van der Waals surface area contributed by atoms with Crippen LogP contribution in [0.2, 0.25) is 0 Å². The summed E-state index contributed by atoms with van der Waals surface area (Å²) in [5, 5.41) is 11.7. The van der Waals surface area contributed by atoms with Crippen molar-refractivity contribution in [1.29, 1.82) is 0 Å². The van der Waals surface area contributed by atoms with Gasteiger partial charge in [0.1, 0.15) is 31.1 Å². The fourth-order valence-electron chi connectivity index (χ4n) is 5.14. The van der Waals surface area contributed by atoms with Crippen molar-refractivity contribution in [2.75, 3.05) is 47.0 Å². The summed E-state index contributed by atoms with van der Waals surface area (Å²) < 4.78 is 51.0. The molecule has 1 N–H and O–H groups in total. The first-order chi connectivity index (χ1) is 21.3. The number of hydrogen-bond donors (Lipinski definition) is 1. The van der Waals surface area contributed by atoms with Gasteiger partial charge in [0.25, 0.3) is 0 Å². The summed E-state index contributed by atoms with van der Waals surface area (Å²) >= 11 is 0. The zero-order chi connectivity index (χ0) is 31.1. The number of aromatic nitrogens is 1. The van der Waals surface area contributed by atoms with Gasteiger partial charge in [0.15, 0.2) is 11.5 Å². The van der Waals surface area contributed by atoms with Crippen LogP contribution in [0.25, 0.3) is 10.9 Å². The van der Waals surface area contributed by atoms with Gasteiger partial charge < -0.3 is 24.1 Å². The molecule has 5 rings (SSSR count). The van der Waals surface area contributed by atoms with Crippen molar-refractivity contribution >= 4 is 26.9 Å². The van der Waals surface area contributed by atoms with E-state index < -0.39 is 28.1 Å². The average molecular weight is 622 g/mol. The molecule has 0 bridgehead atoms. The molecule has 2 atom stereocenters. The number of fused-ring (bicyclic) bond motifs is 1. The first-order valence-corrected chi connectivity index (χ1v) is 15.6. The summed E-state index contributed by atoms with van der Waals surface area (Å²) in [6.07, 6.45) is 0.796. The fraction of sp³-hybridized carbons (Fsp3) is 0.312. The van der Waals surface area contributed by atoms with E-state index >= 15 is 0 Å². The Hall–Kier alpha value is -4.23. The Bertz CT molecular complexity index is 1680. The van der Waals surface area contributed by atoms with E-state index in [0.717, 1.165) is 20.8 Å². The second kappa shape index (κ2) is 14.0. The third kappa shape index (κ3) is 7.11. The van der Waals surface area contributed by atoms with E-state index in [2.05, 4.69) is 4.98 Å². The minimum atomic E-state index is -4.14. The molecule has 11 nitrogen and oxygen atoms in total. The van der Waals surface area contributed by atoms with E-state index in [1.165, 1.54) is 32.4 Å². The van der Waals surface area contributed by atoms with E-state index in [-0.39, 0.29) is 50.0 Å². The van der Waals surface area contributed by atoms with Crippen molar-refractivity contribution in [2.45, 2.75) is 23.6 Å². The minimum absolute atomic E-state index is 0.00127. The molecule has 2 heterocycles. The van der Waals surface area contributed by atoms with Gasteiger partial charge in [0.05, 0.1) is 24.6 Å². The lowest BCUT2D eigenvalue weighted by Crippen LogP contribution is -2.59. The van der Waals surface area contributed by atoms with Crippen LogP contribution < -0.4 is 14.2 Å². The zero-order valence-electron chi connectivity index (χ0n) is 24.5. The van der Waals surface area contributed by atoms with Gasteiger partial charge in [-0.05, 0) is 42.0 Å². The van der Waals surface area contributed by atoms with Gasteiger partial charge in [-0.25, -0.2) is 8.42 Å². The number of aliphatic hydroxyl groups is 1. The molecule has 0 saturated carbocycles. The Morgan fingerprint density at radius 3 is 2.52 bits per heavy atom. The lowest BCUT2D eigenvalue weighted by molar-refractivity contribution is -0.151. The number of esters is 1. The largest absolute Gasteiger partial charge is 0.493 e. The SMILES string of the molecule is COc1ccc(S(=O)(=O)N2CCN(CC(O)COc3cccc4ncccc34)CC2C(=O)OCc2ccccc2)cc1OC. The lowest BCUT2D eigenvalue weighted by atomic mass is 10.2. The average Bonchev–Trinajstić information content (AvgIpc) is 3.06. The molecule has 0 amide bonds. The van der Waals surface area contributed by atoms with Gasteiger partial charge in [0, 0.05) is 43.8 Å². The highest BCUT2D eigenvalue weighted by Crippen LogP contribution is 2.32. The number of sulfonamides is 1. The van der Waals surface area contributed by atoms with Crippen LogP contribution in [0, 0.1) is 0 Å². The molecule has 0 spiro atoms. The predicted molar refractivity (Wildman–Crippen MR) is 163 cm³/mol. The molecule has 3 aromatic carbocycles. The van der Waals surface area contributed by atoms with Gasteiger partial charge in [0.2, 0.25) is 10.0 Å². The van der Waals surface area contributed by atoms with E-state index in [0.29, 0.717) is 11.5 Å². The number of β-amino-alcohol motifs (C(OH)–C–C–N with tert-alkyl or cyclic N) is 1. The topological polar surface area (TPSA) is 128 Å². The number of nitrogens with zero attached hydrogens (tertiary/aromatic N) is 3. The lowest BCUT2D eigenvalue weighted by Gasteiger charge is -2.39. The Balaban J connectivity index is 1.31. The van der Waals surface area contributed by atoms with Gasteiger partial charge in [-0.2, -0.15) is 4.31 Å². The van der Waals surface area contributed by atoms with Gasteiger partial charge in [-0.1, -0.05) is 36.4 Å². The number of methoxy groups -OCH3 is 2. The highest BCUT2D eigenvalue weighted by molar-refractivity contribution is 7.89. The van der Waals surface area contributed by atoms with Crippen LogP contribution in [0.4, 0.5) is 0 Å². The number of carbonyl (C=O) groups is 1. The molecule has 1 fully saturated rings. The third-order valence-corrected chi connectivity index (χ3v) is 9.28. The summed E-state index contributed by atoms with van der Waals surface area (Å²) in [5.41, 5.74) is 1.56. The first-order valence-electron chi connectivity index (χ1n) is 14.1. The van der Waals surface area contributed by atoms with Crippen LogP contribution in [0.5, 0.6) is 17.2 Å². The van der Waals surface area contributed by atoms with Gasteiger partial charge in [-0.3, -0.25) is 14.7 Å². The zero-order valence-corrected chi connectivity index (χ0v) is 25.4. The monoisotopic (exact) mass is 621 g/mol. The number of pyridine rings is 1. The molecule has 2 unspecified atom stereocenters. The summed E-state index contributed by atoms with van der Waals surface area (Å²) in [7, 11) is -1.26. The van der Waals surface area contributed by atoms with Crippen LogP contribution in [-0.4, -0.2) is 92.8 Å². The molecular formula is C32H35N3O8S. The molecule has 1 aliphatic heterocycles. The van der Waals surface area contributed by atoms with Crippen molar-refractivity contribution in [3.8, 4) is 17.2 Å². The Labute approximate surface area is 256 Å². The summed E-state index contributed by atoms with van der Waals surface area (Å²) in [4.78, 5) is 19.6. The fourth-order valence-corrected chi connectivity index (χ4v) is 6.72. The van der Waals surface area contributed by atoms with Crippen LogP contribution in [0.15, 0.2) is 90.0 Å². The number of rotatable bonds is 12. The Kier molecular flexibility index (Phi) is 9.95. The number of ether oxygens (including phenoxy) is 4. The second-order valence-electron chi connectivity index (χ2n) is 10.3. The Morgan fingerprint density at radius 2 is 1.75 bits per heavy atom. The molecule has 1 aliphatic rings. The molecule has 12 heteroatoms. The summed E-state index contributed by atoms with van der Waals surface area (Å²) in [6, 6.07) is 21.5. The number of aliphatic hydroxyl groups excluding tert-OH is 1. The van der Waals surface area contributed by atoms with Gasteiger partial charge in [-0.15, -0.1) is 0 Å². The van der Waals surface area contributed by atoms with Crippen LogP contribution >= 0.6 is 0 Å². The number of hydrogen-bond acceptors (Lipinski definition) is 10. The molecular weight excluding hydrogens is 586 g/mol. The molecule has 0 aliphatic carbocycles. The molecule has 0 radical (unpaired) electrons. The molecule has 232 valence electrons. The van der Waals surface area contributed by atoms with Crippen LogP contribution in [0.3, 0.4) is 0 Å². The third-order valence-electron chi connectivity index (χ3n) is 7.38. The number of carbonyl (C=O) groups excluding carboxylic acids is 1. The Morgan fingerprint density at radius 1 is 0.955 bits per heavy atom. The normalized spacial score (nSPS) is 16.8. The first kappa shape index (κ1) is 31.2. The van der Waals surface area contributed by atoms with Crippen molar-refractivity contribution in [3.63, 3.8) is 0 Å². The standard InChI is InChI=1S/C32H35N3O8S/c1-40-30-14-13-25(18-31(30)41-2)44(38,39)35-17-16-34(20-28(35)32(37)43-21-23-8-4-3-5-9-23)19-24(36)22-42-29-12-6-11-27-26(29)10-7-15-33-27/h3-15,18,24,28,36H,16-17,19-22H2,1-2H3.